The number of nitrogens with zero attached hydrogens (tertiary/aromatic N) is 8. The Bertz CT molecular complexity index is 2670. The third-order valence-corrected chi connectivity index (χ3v) is 15.0. The summed E-state index contributed by atoms with van der Waals surface area (Å²) >= 11 is 0. The highest BCUT2D eigenvalue weighted by Gasteiger charge is 2.42. The Morgan fingerprint density at radius 1 is 0.859 bits per heavy atom. The van der Waals surface area contributed by atoms with Gasteiger partial charge in [-0.25, -0.2) is 18.7 Å². The van der Waals surface area contributed by atoms with Gasteiger partial charge in [0.25, 0.3) is 5.91 Å². The van der Waals surface area contributed by atoms with E-state index in [1.165, 1.54) is 28.9 Å². The fourth-order valence-corrected chi connectivity index (χ4v) is 11.1. The van der Waals surface area contributed by atoms with Crippen molar-refractivity contribution in [2.75, 3.05) is 49.5 Å². The molecule has 0 radical (unpaired) electrons. The van der Waals surface area contributed by atoms with Crippen molar-refractivity contribution >= 4 is 46.1 Å². The Labute approximate surface area is 369 Å². The zero-order valence-electron chi connectivity index (χ0n) is 35.9. The number of nitrogens with one attached hydrogen (secondary N) is 2. The number of likely N-dealkylation sites (tertiary alicyclic amines) is 2. The lowest BCUT2D eigenvalue weighted by molar-refractivity contribution is -0.136. The Hall–Kier alpha value is -5.84. The average molecular weight is 871 g/mol. The van der Waals surface area contributed by atoms with E-state index in [2.05, 4.69) is 54.6 Å². The molecule has 3 aromatic heterocycles. The summed E-state index contributed by atoms with van der Waals surface area (Å²) in [5.74, 6) is -0.683. The molecule has 4 fully saturated rings. The summed E-state index contributed by atoms with van der Waals surface area (Å²) in [5.41, 5.74) is 4.78. The summed E-state index contributed by atoms with van der Waals surface area (Å²) in [6.07, 6.45) is 9.71. The number of aromatic nitrogens is 4. The maximum absolute atomic E-state index is 15.4. The maximum atomic E-state index is 15.4. The van der Waals surface area contributed by atoms with Gasteiger partial charge in [-0.15, -0.1) is 0 Å². The maximum Gasteiger partial charge on any atom is 0.255 e. The molecule has 332 valence electrons. The van der Waals surface area contributed by atoms with Crippen molar-refractivity contribution in [3.8, 4) is 5.82 Å². The highest BCUT2D eigenvalue weighted by molar-refractivity contribution is 6.05. The van der Waals surface area contributed by atoms with Gasteiger partial charge in [-0.05, 0) is 117 Å². The van der Waals surface area contributed by atoms with Crippen molar-refractivity contribution in [1.29, 1.82) is 0 Å². The first-order valence-electron chi connectivity index (χ1n) is 22.9. The summed E-state index contributed by atoms with van der Waals surface area (Å²) in [7, 11) is 0. The van der Waals surface area contributed by atoms with Gasteiger partial charge in [0.1, 0.15) is 23.3 Å². The van der Waals surface area contributed by atoms with E-state index < -0.39 is 29.2 Å². The molecule has 2 atom stereocenters. The van der Waals surface area contributed by atoms with Crippen LogP contribution in [0.3, 0.4) is 0 Å². The van der Waals surface area contributed by atoms with E-state index in [1.807, 2.05) is 19.1 Å². The minimum Gasteiger partial charge on any atom is -0.384 e. The smallest absolute Gasteiger partial charge is 0.255 e. The van der Waals surface area contributed by atoms with Crippen molar-refractivity contribution in [3.63, 3.8) is 0 Å². The van der Waals surface area contributed by atoms with Crippen molar-refractivity contribution in [1.82, 2.24) is 39.5 Å². The molecular weight excluding hydrogens is 819 g/mol. The van der Waals surface area contributed by atoms with E-state index >= 15 is 8.78 Å². The first-order valence-corrected chi connectivity index (χ1v) is 22.9. The van der Waals surface area contributed by atoms with Crippen LogP contribution in [-0.4, -0.2) is 114 Å². The number of imide groups is 1. The number of carbonyl (C=O) groups is 3. The number of pyridine rings is 1. The molecular formula is C48H52F2N10O4. The number of fused-ring (bicyclic) bond motifs is 3. The van der Waals surface area contributed by atoms with Crippen LogP contribution in [-0.2, 0) is 28.2 Å². The molecule has 4 saturated heterocycles. The highest BCUT2D eigenvalue weighted by Crippen LogP contribution is 2.40. The lowest BCUT2D eigenvalue weighted by Crippen LogP contribution is -2.62. The number of hydrogen-bond donors (Lipinski definition) is 3. The zero-order chi connectivity index (χ0) is 43.9. The van der Waals surface area contributed by atoms with Gasteiger partial charge in [0.05, 0.1) is 16.8 Å². The van der Waals surface area contributed by atoms with Gasteiger partial charge < -0.3 is 25.1 Å². The molecule has 64 heavy (non-hydrogen) atoms. The molecule has 3 N–H and O–H groups in total. The molecule has 2 aromatic carbocycles. The second kappa shape index (κ2) is 16.0. The monoisotopic (exact) mass is 870 g/mol. The fraction of sp³-hybridized carbons (Fsp3) is 0.458. The number of rotatable bonds is 9. The summed E-state index contributed by atoms with van der Waals surface area (Å²) in [5, 5.41) is 17.1. The van der Waals surface area contributed by atoms with E-state index in [4.69, 9.17) is 9.97 Å². The van der Waals surface area contributed by atoms with Crippen LogP contribution in [0.25, 0.3) is 16.9 Å². The number of aliphatic hydroxyl groups is 1. The van der Waals surface area contributed by atoms with Gasteiger partial charge in [0, 0.05) is 74.9 Å². The Morgan fingerprint density at radius 3 is 2.36 bits per heavy atom. The number of carbonyl (C=O) groups excluding carboxylic acids is 3. The van der Waals surface area contributed by atoms with Crippen LogP contribution in [0.15, 0.2) is 60.9 Å². The number of benzene rings is 2. The first kappa shape index (κ1) is 40.9. The predicted octanol–water partition coefficient (Wildman–Crippen LogP) is 5.67. The van der Waals surface area contributed by atoms with Gasteiger partial charge in [0.2, 0.25) is 17.8 Å². The predicted molar refractivity (Wildman–Crippen MR) is 235 cm³/mol. The molecule has 0 saturated carbocycles. The standard InChI is InChI=1S/C48H52F2N10O4/c1-2-48(64)16-11-30-5-9-41(53-43(30)48)60-27-38(50)36-23-51-47(55-44(36)60)52-32-6-3-28(4-7-32)29-12-17-56(18-13-29)33-14-19-57(20-15-33)34-25-58(26-34)40-21-31-24-59(46(63)35(31)22-37(40)49)39-8-10-42(61)54-45(39)62/h3-7,9,21-23,27,29,33-34,39,64H,2,8,10-20,24-26H2,1H3,(H,51,52,55)(H,54,61,62)/t39?,48-/m1/s1. The Kier molecular flexibility index (Phi) is 10.2. The van der Waals surface area contributed by atoms with Crippen LogP contribution < -0.4 is 15.5 Å². The van der Waals surface area contributed by atoms with E-state index in [1.54, 1.807) is 10.6 Å². The van der Waals surface area contributed by atoms with Crippen LogP contribution in [0.5, 0.6) is 0 Å². The second-order valence-corrected chi connectivity index (χ2v) is 18.6. The number of aryl methyl sites for hydroxylation is 1. The van der Waals surface area contributed by atoms with Crippen LogP contribution in [0, 0.1) is 11.6 Å². The molecule has 6 aliphatic rings. The molecule has 8 heterocycles. The third-order valence-electron chi connectivity index (χ3n) is 15.0. The molecule has 5 aliphatic heterocycles. The van der Waals surface area contributed by atoms with Gasteiger partial charge in [-0.1, -0.05) is 25.1 Å². The van der Waals surface area contributed by atoms with Gasteiger partial charge in [-0.2, -0.15) is 4.98 Å². The highest BCUT2D eigenvalue weighted by atomic mass is 19.1. The first-order chi connectivity index (χ1) is 31.0. The SMILES string of the molecule is CC[C@@]1(O)CCc2ccc(-n3cc(F)c4cnc(Nc5ccc(C6CCN(C7CCN(C8CN(c9cc%10c(cc9F)C(=O)N(C9CCC(=O)NC9=O)C%10)C8)CC7)CC6)cc5)nc43)nc21. The number of amides is 3. The molecule has 11 rings (SSSR count). The Balaban J connectivity index is 0.655. The average Bonchev–Trinajstić information content (AvgIpc) is 3.92. The van der Waals surface area contributed by atoms with Crippen LogP contribution in [0.1, 0.15) is 97.0 Å². The normalized spacial score (nSPS) is 23.8. The molecule has 5 aromatic rings. The van der Waals surface area contributed by atoms with E-state index in [0.717, 1.165) is 88.2 Å². The number of piperidine rings is 3. The molecule has 1 unspecified atom stereocenters. The Morgan fingerprint density at radius 2 is 1.61 bits per heavy atom. The fourth-order valence-electron chi connectivity index (χ4n) is 11.1. The quantitative estimate of drug-likeness (QED) is 0.157. The van der Waals surface area contributed by atoms with Crippen LogP contribution >= 0.6 is 0 Å². The zero-order valence-corrected chi connectivity index (χ0v) is 35.9. The molecule has 14 nitrogen and oxygen atoms in total. The number of anilines is 3. The number of halogens is 2. The molecule has 3 amide bonds. The number of hydrogen-bond acceptors (Lipinski definition) is 11. The second-order valence-electron chi connectivity index (χ2n) is 18.6. The van der Waals surface area contributed by atoms with Crippen molar-refractivity contribution < 1.29 is 28.3 Å². The van der Waals surface area contributed by atoms with E-state index in [-0.39, 0.29) is 31.2 Å². The van der Waals surface area contributed by atoms with Crippen molar-refractivity contribution in [3.05, 3.63) is 101 Å². The third kappa shape index (κ3) is 7.19. The van der Waals surface area contributed by atoms with Crippen molar-refractivity contribution in [2.45, 2.75) is 101 Å². The van der Waals surface area contributed by atoms with Crippen LogP contribution in [0.4, 0.5) is 26.1 Å². The molecule has 1 aliphatic carbocycles. The molecule has 0 spiro atoms. The van der Waals surface area contributed by atoms with Gasteiger partial charge in [0.15, 0.2) is 11.5 Å². The summed E-state index contributed by atoms with van der Waals surface area (Å²) in [4.78, 5) is 59.9. The van der Waals surface area contributed by atoms with Gasteiger partial charge in [-0.3, -0.25) is 29.2 Å². The minimum absolute atomic E-state index is 0.180. The lowest BCUT2D eigenvalue weighted by Gasteiger charge is -2.50. The van der Waals surface area contributed by atoms with E-state index in [9.17, 15) is 19.5 Å². The van der Waals surface area contributed by atoms with Gasteiger partial charge >= 0.3 is 0 Å². The topological polar surface area (TPSA) is 152 Å². The summed E-state index contributed by atoms with van der Waals surface area (Å²) in [6, 6.07) is 15.6. The lowest BCUT2D eigenvalue weighted by atomic mass is 9.87. The summed E-state index contributed by atoms with van der Waals surface area (Å²) < 4.78 is 32.1. The molecule has 16 heteroatoms. The summed E-state index contributed by atoms with van der Waals surface area (Å²) in [6.45, 7) is 7.82. The molecule has 0 bridgehead atoms. The van der Waals surface area contributed by atoms with E-state index in [0.29, 0.717) is 70.6 Å². The minimum atomic E-state index is -0.976. The van der Waals surface area contributed by atoms with Crippen molar-refractivity contribution in [2.24, 2.45) is 0 Å². The largest absolute Gasteiger partial charge is 0.384 e. The van der Waals surface area contributed by atoms with Crippen LogP contribution in [0.2, 0.25) is 0 Å².